The predicted octanol–water partition coefficient (Wildman–Crippen LogP) is 3.59. The van der Waals surface area contributed by atoms with Gasteiger partial charge in [0.1, 0.15) is 5.82 Å². The molecule has 3 heterocycles. The van der Waals surface area contributed by atoms with Gasteiger partial charge in [-0.25, -0.2) is 17.8 Å². The van der Waals surface area contributed by atoms with Crippen LogP contribution in [0.1, 0.15) is 12.8 Å². The Labute approximate surface area is 196 Å². The maximum atomic E-state index is 13.2. The Kier molecular flexibility index (Phi) is 5.90. The van der Waals surface area contributed by atoms with Gasteiger partial charge in [0.25, 0.3) is 0 Å². The second-order valence-electron chi connectivity index (χ2n) is 8.06. The number of benzene rings is 2. The number of hydrogen-bond acceptors (Lipinski definition) is 6. The monoisotopic (exact) mass is 486 g/mol. The van der Waals surface area contributed by atoms with Crippen LogP contribution in [0.5, 0.6) is 0 Å². The zero-order chi connectivity index (χ0) is 23.0. The lowest BCUT2D eigenvalue weighted by Crippen LogP contribution is -2.48. The van der Waals surface area contributed by atoms with Crippen molar-refractivity contribution in [3.8, 4) is 11.3 Å². The first kappa shape index (κ1) is 22.0. The van der Waals surface area contributed by atoms with Crippen molar-refractivity contribution >= 4 is 38.1 Å². The maximum absolute atomic E-state index is 13.2. The number of aromatic nitrogens is 1. The quantitative estimate of drug-likeness (QED) is 0.551. The number of hydrogen-bond donors (Lipinski definition) is 0. The van der Waals surface area contributed by atoms with Gasteiger partial charge in [-0.3, -0.25) is 4.79 Å². The third-order valence-electron chi connectivity index (χ3n) is 6.00. The molecule has 0 spiro atoms. The van der Waals surface area contributed by atoms with Gasteiger partial charge in [0.15, 0.2) is 5.13 Å². The minimum absolute atomic E-state index is 0.0755. The van der Waals surface area contributed by atoms with Crippen LogP contribution in [-0.2, 0) is 14.8 Å². The van der Waals surface area contributed by atoms with Crippen molar-refractivity contribution in [2.75, 3.05) is 42.5 Å². The number of anilines is 2. The zero-order valence-electron chi connectivity index (χ0n) is 17.9. The largest absolute Gasteiger partial charge is 0.345 e. The van der Waals surface area contributed by atoms with Gasteiger partial charge in [0.2, 0.25) is 15.9 Å². The molecule has 0 unspecified atom stereocenters. The number of rotatable bonds is 5. The smallest absolute Gasteiger partial charge is 0.243 e. The lowest BCUT2D eigenvalue weighted by atomic mass is 10.2. The summed E-state index contributed by atoms with van der Waals surface area (Å²) in [6, 6.07) is 12.8. The summed E-state index contributed by atoms with van der Waals surface area (Å²) in [6.07, 6.45) is 1.36. The van der Waals surface area contributed by atoms with Crippen molar-refractivity contribution in [2.24, 2.45) is 0 Å². The molecule has 172 valence electrons. The van der Waals surface area contributed by atoms with Gasteiger partial charge in [-0.15, -0.1) is 11.3 Å². The van der Waals surface area contributed by atoms with E-state index in [9.17, 15) is 17.6 Å². The zero-order valence-corrected chi connectivity index (χ0v) is 19.5. The number of sulfonamides is 1. The predicted molar refractivity (Wildman–Crippen MR) is 127 cm³/mol. The molecule has 2 aromatic carbocycles. The Balaban J connectivity index is 1.24. The molecule has 7 nitrogen and oxygen atoms in total. The van der Waals surface area contributed by atoms with Gasteiger partial charge in [0.05, 0.1) is 10.6 Å². The molecule has 2 saturated heterocycles. The Morgan fingerprint density at radius 3 is 2.24 bits per heavy atom. The van der Waals surface area contributed by atoms with E-state index in [-0.39, 0.29) is 16.6 Å². The first-order valence-electron chi connectivity index (χ1n) is 10.8. The van der Waals surface area contributed by atoms with Gasteiger partial charge in [-0.05, 0) is 55.0 Å². The van der Waals surface area contributed by atoms with Crippen LogP contribution in [0.2, 0.25) is 0 Å². The second-order valence-corrected chi connectivity index (χ2v) is 10.8. The van der Waals surface area contributed by atoms with E-state index in [0.717, 1.165) is 28.5 Å². The molecule has 33 heavy (non-hydrogen) atoms. The lowest BCUT2D eigenvalue weighted by molar-refractivity contribution is -0.117. The van der Waals surface area contributed by atoms with Crippen LogP contribution < -0.4 is 9.80 Å². The molecule has 2 aliphatic heterocycles. The van der Waals surface area contributed by atoms with Crippen molar-refractivity contribution in [1.82, 2.24) is 9.29 Å². The van der Waals surface area contributed by atoms with Gasteiger partial charge < -0.3 is 9.80 Å². The molecule has 1 aromatic heterocycles. The molecule has 0 aliphatic carbocycles. The fourth-order valence-corrected chi connectivity index (χ4v) is 6.46. The minimum atomic E-state index is -3.61. The minimum Gasteiger partial charge on any atom is -0.345 e. The Hall–Kier alpha value is -2.82. The normalized spacial score (nSPS) is 17.7. The summed E-state index contributed by atoms with van der Waals surface area (Å²) < 4.78 is 40.9. The van der Waals surface area contributed by atoms with Gasteiger partial charge >= 0.3 is 0 Å². The third-order valence-corrected chi connectivity index (χ3v) is 8.82. The van der Waals surface area contributed by atoms with Crippen LogP contribution in [0.25, 0.3) is 11.3 Å². The number of thiazole rings is 1. The average Bonchev–Trinajstić information content (AvgIpc) is 3.49. The highest BCUT2D eigenvalue weighted by atomic mass is 32.2. The molecular weight excluding hydrogens is 463 g/mol. The first-order chi connectivity index (χ1) is 15.9. The standard InChI is InChI=1S/C23H23FN4O3S2/c24-18-5-3-17(4-6-18)21-16-32-23(25-21)26-12-14-27(15-13-26)33(30,31)20-9-7-19(8-10-20)28-11-1-2-22(28)29/h3-10,16H,1-2,11-15H2. The van der Waals surface area contributed by atoms with Crippen LogP contribution in [-0.4, -0.2) is 56.3 Å². The molecule has 0 radical (unpaired) electrons. The molecule has 0 N–H and O–H groups in total. The molecule has 0 bridgehead atoms. The van der Waals surface area contributed by atoms with Gasteiger partial charge in [0, 0.05) is 55.8 Å². The highest BCUT2D eigenvalue weighted by Gasteiger charge is 2.30. The van der Waals surface area contributed by atoms with E-state index in [1.807, 2.05) is 5.38 Å². The van der Waals surface area contributed by atoms with Crippen molar-refractivity contribution < 1.29 is 17.6 Å². The van der Waals surface area contributed by atoms with Crippen molar-refractivity contribution in [3.63, 3.8) is 0 Å². The second kappa shape index (κ2) is 8.85. The first-order valence-corrected chi connectivity index (χ1v) is 13.1. The number of carbonyl (C=O) groups is 1. The van der Waals surface area contributed by atoms with Crippen molar-refractivity contribution in [3.05, 3.63) is 59.7 Å². The third kappa shape index (κ3) is 4.38. The molecule has 10 heteroatoms. The highest BCUT2D eigenvalue weighted by Crippen LogP contribution is 2.29. The Bertz CT molecular complexity index is 1250. The highest BCUT2D eigenvalue weighted by molar-refractivity contribution is 7.89. The van der Waals surface area contributed by atoms with Gasteiger partial charge in [-0.1, -0.05) is 0 Å². The summed E-state index contributed by atoms with van der Waals surface area (Å²) in [6.45, 7) is 2.47. The number of piperazine rings is 1. The molecule has 2 aliphatic rings. The maximum Gasteiger partial charge on any atom is 0.243 e. The average molecular weight is 487 g/mol. The summed E-state index contributed by atoms with van der Waals surface area (Å²) in [7, 11) is -3.61. The van der Waals surface area contributed by atoms with Crippen molar-refractivity contribution in [2.45, 2.75) is 17.7 Å². The van der Waals surface area contributed by atoms with Gasteiger partial charge in [-0.2, -0.15) is 4.31 Å². The molecule has 0 saturated carbocycles. The molecule has 5 rings (SSSR count). The molecule has 0 atom stereocenters. The van der Waals surface area contributed by atoms with E-state index >= 15 is 0 Å². The van der Waals surface area contributed by atoms with E-state index in [4.69, 9.17) is 0 Å². The van der Waals surface area contributed by atoms with E-state index in [2.05, 4.69) is 9.88 Å². The summed E-state index contributed by atoms with van der Waals surface area (Å²) in [5.74, 6) is -0.211. The summed E-state index contributed by atoms with van der Waals surface area (Å²) in [4.78, 5) is 20.6. The van der Waals surface area contributed by atoms with Crippen LogP contribution in [0.3, 0.4) is 0 Å². The Morgan fingerprint density at radius 1 is 0.909 bits per heavy atom. The number of carbonyl (C=O) groups excluding carboxylic acids is 1. The molecule has 1 amide bonds. The molecule has 3 aromatic rings. The van der Waals surface area contributed by atoms with E-state index < -0.39 is 10.0 Å². The number of nitrogens with zero attached hydrogens (tertiary/aromatic N) is 4. The summed E-state index contributed by atoms with van der Waals surface area (Å²) >= 11 is 1.49. The number of halogens is 1. The van der Waals surface area contributed by atoms with Crippen LogP contribution in [0.4, 0.5) is 15.2 Å². The summed E-state index contributed by atoms with van der Waals surface area (Å²) in [5, 5.41) is 2.75. The van der Waals surface area contributed by atoms with E-state index in [0.29, 0.717) is 39.1 Å². The van der Waals surface area contributed by atoms with Crippen LogP contribution in [0.15, 0.2) is 58.8 Å². The molecular formula is C23H23FN4O3S2. The molecule has 2 fully saturated rings. The lowest BCUT2D eigenvalue weighted by Gasteiger charge is -2.33. The fourth-order valence-electron chi connectivity index (χ4n) is 4.15. The SMILES string of the molecule is O=C1CCCN1c1ccc(S(=O)(=O)N2CCN(c3nc(-c4ccc(F)cc4)cs3)CC2)cc1. The van der Waals surface area contributed by atoms with Crippen LogP contribution in [0, 0.1) is 5.82 Å². The van der Waals surface area contributed by atoms with Crippen molar-refractivity contribution in [1.29, 1.82) is 0 Å². The van der Waals surface area contributed by atoms with Crippen LogP contribution >= 0.6 is 11.3 Å². The number of amides is 1. The topological polar surface area (TPSA) is 73.8 Å². The van der Waals surface area contributed by atoms with E-state index in [1.54, 1.807) is 41.3 Å². The Morgan fingerprint density at radius 2 is 1.61 bits per heavy atom. The van der Waals surface area contributed by atoms with E-state index in [1.165, 1.54) is 27.8 Å². The summed E-state index contributed by atoms with van der Waals surface area (Å²) in [5.41, 5.74) is 2.36. The fraction of sp³-hybridized carbons (Fsp3) is 0.304.